The zero-order chi connectivity index (χ0) is 13.3. The fourth-order valence-electron chi connectivity index (χ4n) is 2.44. The zero-order valence-corrected chi connectivity index (χ0v) is 10.2. The molecule has 0 radical (unpaired) electrons. The van der Waals surface area contributed by atoms with Gasteiger partial charge in [-0.2, -0.15) is 0 Å². The molecule has 1 saturated heterocycles. The van der Waals surface area contributed by atoms with Crippen LogP contribution in [0.4, 0.5) is 8.78 Å². The van der Waals surface area contributed by atoms with Crippen LogP contribution in [0.5, 0.6) is 0 Å². The van der Waals surface area contributed by atoms with Gasteiger partial charge in [-0.1, -0.05) is 6.92 Å². The van der Waals surface area contributed by atoms with E-state index >= 15 is 0 Å². The van der Waals surface area contributed by atoms with Gasteiger partial charge in [0.15, 0.2) is 0 Å². The van der Waals surface area contributed by atoms with Crippen LogP contribution in [0.1, 0.15) is 23.7 Å². The fraction of sp³-hybridized carbons (Fsp3) is 0.462. The summed E-state index contributed by atoms with van der Waals surface area (Å²) in [7, 11) is 0. The summed E-state index contributed by atoms with van der Waals surface area (Å²) in [5, 5.41) is 0. The Morgan fingerprint density at radius 2 is 2.22 bits per heavy atom. The van der Waals surface area contributed by atoms with E-state index in [1.54, 1.807) is 4.90 Å². The van der Waals surface area contributed by atoms with Gasteiger partial charge in [-0.05, 0) is 30.5 Å². The smallest absolute Gasteiger partial charge is 0.257 e. The van der Waals surface area contributed by atoms with Crippen molar-refractivity contribution < 1.29 is 13.6 Å². The largest absolute Gasteiger partial charge is 0.334 e. The molecule has 1 fully saturated rings. The number of likely N-dealkylation sites (tertiary alicyclic amines) is 1. The van der Waals surface area contributed by atoms with Gasteiger partial charge < -0.3 is 10.6 Å². The maximum Gasteiger partial charge on any atom is 0.257 e. The maximum atomic E-state index is 13.6. The molecule has 1 aromatic rings. The first-order chi connectivity index (χ1) is 8.54. The van der Waals surface area contributed by atoms with Crippen LogP contribution in [0, 0.1) is 17.6 Å². The first-order valence-corrected chi connectivity index (χ1v) is 6.00. The Labute approximate surface area is 105 Å². The lowest BCUT2D eigenvalue weighted by Gasteiger charge is -2.25. The Morgan fingerprint density at radius 3 is 2.89 bits per heavy atom. The topological polar surface area (TPSA) is 46.3 Å². The van der Waals surface area contributed by atoms with Crippen LogP contribution in [0.25, 0.3) is 0 Å². The molecule has 3 nitrogen and oxygen atoms in total. The average molecular weight is 254 g/mol. The average Bonchev–Trinajstić information content (AvgIpc) is 2.72. The second-order valence-electron chi connectivity index (χ2n) is 4.69. The molecular formula is C13H16F2N2O. The molecule has 1 aromatic carbocycles. The SMILES string of the molecule is CC1CCN(C(=O)c2cc(F)ccc2F)C1CN. The quantitative estimate of drug-likeness (QED) is 0.874. The molecule has 2 N–H and O–H groups in total. The van der Waals surface area contributed by atoms with Crippen molar-refractivity contribution in [1.29, 1.82) is 0 Å². The van der Waals surface area contributed by atoms with Gasteiger partial charge in [-0.3, -0.25) is 4.79 Å². The minimum atomic E-state index is -0.697. The summed E-state index contributed by atoms with van der Waals surface area (Å²) in [6.07, 6.45) is 0.838. The first kappa shape index (κ1) is 13.0. The molecule has 18 heavy (non-hydrogen) atoms. The van der Waals surface area contributed by atoms with E-state index in [1.165, 1.54) is 0 Å². The number of rotatable bonds is 2. The normalized spacial score (nSPS) is 23.4. The van der Waals surface area contributed by atoms with E-state index in [-0.39, 0.29) is 17.5 Å². The summed E-state index contributed by atoms with van der Waals surface area (Å²) in [5.74, 6) is -1.50. The Kier molecular flexibility index (Phi) is 3.61. The highest BCUT2D eigenvalue weighted by Crippen LogP contribution is 2.25. The van der Waals surface area contributed by atoms with Crippen molar-refractivity contribution in [2.75, 3.05) is 13.1 Å². The Balaban J connectivity index is 2.28. The van der Waals surface area contributed by atoms with Gasteiger partial charge in [-0.15, -0.1) is 0 Å². The number of halogens is 2. The Bertz CT molecular complexity index is 464. The molecule has 5 heteroatoms. The van der Waals surface area contributed by atoms with E-state index in [2.05, 4.69) is 0 Å². The summed E-state index contributed by atoms with van der Waals surface area (Å²) in [6.45, 7) is 2.88. The molecule has 1 aliphatic heterocycles. The molecular weight excluding hydrogens is 238 g/mol. The number of nitrogens with two attached hydrogens (primary N) is 1. The van der Waals surface area contributed by atoms with Crippen LogP contribution >= 0.6 is 0 Å². The van der Waals surface area contributed by atoms with Crippen molar-refractivity contribution in [1.82, 2.24) is 4.90 Å². The van der Waals surface area contributed by atoms with E-state index in [1.807, 2.05) is 6.92 Å². The van der Waals surface area contributed by atoms with E-state index < -0.39 is 17.5 Å². The Hall–Kier alpha value is -1.49. The number of nitrogens with zero attached hydrogens (tertiary/aromatic N) is 1. The molecule has 98 valence electrons. The van der Waals surface area contributed by atoms with Gasteiger partial charge in [0.2, 0.25) is 0 Å². The highest BCUT2D eigenvalue weighted by molar-refractivity contribution is 5.95. The van der Waals surface area contributed by atoms with Gasteiger partial charge in [-0.25, -0.2) is 8.78 Å². The maximum absolute atomic E-state index is 13.6. The highest BCUT2D eigenvalue weighted by atomic mass is 19.1. The van der Waals surface area contributed by atoms with Crippen LogP contribution in [-0.4, -0.2) is 29.9 Å². The standard InChI is InChI=1S/C13H16F2N2O/c1-8-4-5-17(12(8)7-16)13(18)10-6-9(14)2-3-11(10)15/h2-3,6,8,12H,4-5,7,16H2,1H3. The third kappa shape index (κ3) is 2.22. The number of benzene rings is 1. The molecule has 0 spiro atoms. The van der Waals surface area contributed by atoms with Crippen LogP contribution in [0.3, 0.4) is 0 Å². The molecule has 2 unspecified atom stereocenters. The monoisotopic (exact) mass is 254 g/mol. The third-order valence-corrected chi connectivity index (χ3v) is 3.54. The second-order valence-corrected chi connectivity index (χ2v) is 4.69. The number of amides is 1. The molecule has 0 aliphatic carbocycles. The summed E-state index contributed by atoms with van der Waals surface area (Å²) in [4.78, 5) is 13.7. The molecule has 1 aliphatic rings. The van der Waals surface area contributed by atoms with E-state index in [0.717, 1.165) is 24.6 Å². The van der Waals surface area contributed by atoms with Gasteiger partial charge in [0.25, 0.3) is 5.91 Å². The number of carbonyl (C=O) groups excluding carboxylic acids is 1. The van der Waals surface area contributed by atoms with Crippen molar-refractivity contribution in [3.05, 3.63) is 35.4 Å². The van der Waals surface area contributed by atoms with Crippen molar-refractivity contribution >= 4 is 5.91 Å². The van der Waals surface area contributed by atoms with Crippen LogP contribution in [0.2, 0.25) is 0 Å². The molecule has 0 bridgehead atoms. The summed E-state index contributed by atoms with van der Waals surface area (Å²) < 4.78 is 26.6. The van der Waals surface area contributed by atoms with Gasteiger partial charge in [0.1, 0.15) is 11.6 Å². The predicted molar refractivity (Wildman–Crippen MR) is 64.0 cm³/mol. The van der Waals surface area contributed by atoms with Crippen molar-refractivity contribution in [3.8, 4) is 0 Å². The lowest BCUT2D eigenvalue weighted by molar-refractivity contribution is 0.0722. The van der Waals surface area contributed by atoms with Crippen LogP contribution in [-0.2, 0) is 0 Å². The molecule has 1 heterocycles. The minimum Gasteiger partial charge on any atom is -0.334 e. The van der Waals surface area contributed by atoms with E-state index in [9.17, 15) is 13.6 Å². The van der Waals surface area contributed by atoms with E-state index in [0.29, 0.717) is 13.1 Å². The summed E-state index contributed by atoms with van der Waals surface area (Å²) in [6, 6.07) is 2.81. The Morgan fingerprint density at radius 1 is 1.50 bits per heavy atom. The molecule has 0 aromatic heterocycles. The molecule has 1 amide bonds. The first-order valence-electron chi connectivity index (χ1n) is 6.00. The molecule has 0 saturated carbocycles. The summed E-state index contributed by atoms with van der Waals surface area (Å²) in [5.41, 5.74) is 5.42. The molecule has 2 atom stereocenters. The van der Waals surface area contributed by atoms with E-state index in [4.69, 9.17) is 5.73 Å². The predicted octanol–water partition coefficient (Wildman–Crippen LogP) is 1.77. The van der Waals surface area contributed by atoms with Crippen LogP contribution in [0.15, 0.2) is 18.2 Å². The highest BCUT2D eigenvalue weighted by Gasteiger charge is 2.34. The zero-order valence-electron chi connectivity index (χ0n) is 10.2. The van der Waals surface area contributed by atoms with Gasteiger partial charge in [0, 0.05) is 19.1 Å². The lowest BCUT2D eigenvalue weighted by atomic mass is 10.0. The van der Waals surface area contributed by atoms with Crippen molar-refractivity contribution in [3.63, 3.8) is 0 Å². The van der Waals surface area contributed by atoms with Gasteiger partial charge >= 0.3 is 0 Å². The summed E-state index contributed by atoms with van der Waals surface area (Å²) >= 11 is 0. The van der Waals surface area contributed by atoms with Crippen molar-refractivity contribution in [2.45, 2.75) is 19.4 Å². The lowest BCUT2D eigenvalue weighted by Crippen LogP contribution is -2.42. The number of carbonyl (C=O) groups is 1. The number of hydrogen-bond acceptors (Lipinski definition) is 2. The minimum absolute atomic E-state index is 0.0971. The van der Waals surface area contributed by atoms with Crippen molar-refractivity contribution in [2.24, 2.45) is 11.7 Å². The van der Waals surface area contributed by atoms with Gasteiger partial charge in [0.05, 0.1) is 5.56 Å². The second kappa shape index (κ2) is 5.02. The molecule has 2 rings (SSSR count). The number of hydrogen-bond donors (Lipinski definition) is 1. The fourth-order valence-corrected chi connectivity index (χ4v) is 2.44. The van der Waals surface area contributed by atoms with Crippen LogP contribution < -0.4 is 5.73 Å². The third-order valence-electron chi connectivity index (χ3n) is 3.54.